The van der Waals surface area contributed by atoms with Crippen molar-refractivity contribution in [1.82, 2.24) is 5.32 Å². The Morgan fingerprint density at radius 3 is 2.72 bits per heavy atom. The SMILES string of the molecule is CCCNC(C1=CCCCO1)C1(OC)CCCC1. The zero-order valence-corrected chi connectivity index (χ0v) is 11.8. The van der Waals surface area contributed by atoms with E-state index in [1.165, 1.54) is 12.8 Å². The molecule has 0 radical (unpaired) electrons. The highest BCUT2D eigenvalue weighted by atomic mass is 16.5. The zero-order chi connectivity index (χ0) is 12.8. The molecule has 0 aromatic rings. The van der Waals surface area contributed by atoms with Gasteiger partial charge < -0.3 is 14.8 Å². The lowest BCUT2D eigenvalue weighted by Crippen LogP contribution is -2.52. The molecule has 0 saturated heterocycles. The van der Waals surface area contributed by atoms with E-state index in [9.17, 15) is 0 Å². The highest BCUT2D eigenvalue weighted by molar-refractivity contribution is 5.15. The van der Waals surface area contributed by atoms with Crippen molar-refractivity contribution in [3.8, 4) is 0 Å². The summed E-state index contributed by atoms with van der Waals surface area (Å²) >= 11 is 0. The maximum absolute atomic E-state index is 5.93. The van der Waals surface area contributed by atoms with Gasteiger partial charge in [0.15, 0.2) is 0 Å². The fourth-order valence-corrected chi connectivity index (χ4v) is 3.20. The van der Waals surface area contributed by atoms with Crippen LogP contribution in [0.4, 0.5) is 0 Å². The van der Waals surface area contributed by atoms with Crippen LogP contribution >= 0.6 is 0 Å². The minimum absolute atomic E-state index is 0.0433. The Morgan fingerprint density at radius 2 is 2.17 bits per heavy atom. The third-order valence-corrected chi connectivity index (χ3v) is 4.23. The van der Waals surface area contributed by atoms with E-state index in [-0.39, 0.29) is 11.6 Å². The van der Waals surface area contributed by atoms with Crippen molar-refractivity contribution >= 4 is 0 Å². The van der Waals surface area contributed by atoms with Crippen LogP contribution in [-0.2, 0) is 9.47 Å². The number of nitrogens with one attached hydrogen (secondary N) is 1. The van der Waals surface area contributed by atoms with Crippen molar-refractivity contribution in [3.05, 3.63) is 11.8 Å². The Balaban J connectivity index is 2.14. The first-order valence-electron chi connectivity index (χ1n) is 7.44. The molecule has 2 rings (SSSR count). The van der Waals surface area contributed by atoms with E-state index in [0.29, 0.717) is 0 Å². The standard InChI is InChI=1S/C15H27NO2/c1-3-11-16-14(13-8-4-7-12-18-13)15(17-2)9-5-6-10-15/h8,14,16H,3-7,9-12H2,1-2H3. The molecule has 3 heteroatoms. The van der Waals surface area contributed by atoms with Gasteiger partial charge in [-0.25, -0.2) is 0 Å². The van der Waals surface area contributed by atoms with Crippen molar-refractivity contribution in [3.63, 3.8) is 0 Å². The molecule has 18 heavy (non-hydrogen) atoms. The van der Waals surface area contributed by atoms with Crippen molar-refractivity contribution < 1.29 is 9.47 Å². The van der Waals surface area contributed by atoms with Crippen LogP contribution in [0.5, 0.6) is 0 Å². The summed E-state index contributed by atoms with van der Waals surface area (Å²) in [6.07, 6.45) is 10.5. The van der Waals surface area contributed by atoms with Gasteiger partial charge in [0, 0.05) is 7.11 Å². The molecule has 0 amide bonds. The van der Waals surface area contributed by atoms with Crippen molar-refractivity contribution in [1.29, 1.82) is 0 Å². The van der Waals surface area contributed by atoms with Gasteiger partial charge in [-0.05, 0) is 44.7 Å². The first-order chi connectivity index (χ1) is 8.82. The van der Waals surface area contributed by atoms with Crippen LogP contribution in [-0.4, -0.2) is 31.9 Å². The summed E-state index contributed by atoms with van der Waals surface area (Å²) in [5, 5.41) is 3.65. The Hall–Kier alpha value is -0.540. The molecule has 1 unspecified atom stereocenters. The molecule has 1 fully saturated rings. The Kier molecular flexibility index (Phi) is 5.07. The van der Waals surface area contributed by atoms with Gasteiger partial charge in [0.05, 0.1) is 18.2 Å². The third kappa shape index (κ3) is 2.89. The van der Waals surface area contributed by atoms with Gasteiger partial charge in [-0.3, -0.25) is 0 Å². The number of hydrogen-bond acceptors (Lipinski definition) is 3. The fourth-order valence-electron chi connectivity index (χ4n) is 3.20. The average Bonchev–Trinajstić information content (AvgIpc) is 2.90. The van der Waals surface area contributed by atoms with Gasteiger partial charge in [0.25, 0.3) is 0 Å². The van der Waals surface area contributed by atoms with Crippen molar-refractivity contribution in [2.45, 2.75) is 63.5 Å². The van der Waals surface area contributed by atoms with E-state index in [0.717, 1.165) is 51.0 Å². The van der Waals surface area contributed by atoms with E-state index in [1.54, 1.807) is 0 Å². The largest absolute Gasteiger partial charge is 0.496 e. The molecule has 1 saturated carbocycles. The first-order valence-corrected chi connectivity index (χ1v) is 7.44. The smallest absolute Gasteiger partial charge is 0.112 e. The van der Waals surface area contributed by atoms with Crippen LogP contribution in [0, 0.1) is 0 Å². The number of allylic oxidation sites excluding steroid dienone is 1. The minimum atomic E-state index is -0.0433. The van der Waals surface area contributed by atoms with E-state index in [4.69, 9.17) is 9.47 Å². The summed E-state index contributed by atoms with van der Waals surface area (Å²) in [5.41, 5.74) is -0.0433. The van der Waals surface area contributed by atoms with Gasteiger partial charge >= 0.3 is 0 Å². The van der Waals surface area contributed by atoms with Crippen LogP contribution in [0.1, 0.15) is 51.9 Å². The third-order valence-electron chi connectivity index (χ3n) is 4.23. The van der Waals surface area contributed by atoms with E-state index in [2.05, 4.69) is 18.3 Å². The Labute approximate surface area is 111 Å². The number of methoxy groups -OCH3 is 1. The highest BCUT2D eigenvalue weighted by Gasteiger charge is 2.44. The summed E-state index contributed by atoms with van der Waals surface area (Å²) in [4.78, 5) is 0. The van der Waals surface area contributed by atoms with Gasteiger partial charge in [-0.1, -0.05) is 19.8 Å². The zero-order valence-electron chi connectivity index (χ0n) is 11.8. The normalized spacial score (nSPS) is 24.4. The quantitative estimate of drug-likeness (QED) is 0.789. The fraction of sp³-hybridized carbons (Fsp3) is 0.867. The molecule has 1 aliphatic heterocycles. The number of hydrogen-bond donors (Lipinski definition) is 1. The lowest BCUT2D eigenvalue weighted by molar-refractivity contribution is -0.0416. The predicted octanol–water partition coefficient (Wildman–Crippen LogP) is 3.01. The average molecular weight is 253 g/mol. The molecule has 0 bridgehead atoms. The predicted molar refractivity (Wildman–Crippen MR) is 73.6 cm³/mol. The van der Waals surface area contributed by atoms with Crippen LogP contribution in [0.2, 0.25) is 0 Å². The topological polar surface area (TPSA) is 30.5 Å². The molecule has 2 aliphatic rings. The number of rotatable bonds is 6. The molecule has 1 N–H and O–H groups in total. The molecule has 1 heterocycles. The van der Waals surface area contributed by atoms with E-state index >= 15 is 0 Å². The minimum Gasteiger partial charge on any atom is -0.496 e. The lowest BCUT2D eigenvalue weighted by Gasteiger charge is -2.39. The van der Waals surface area contributed by atoms with Crippen LogP contribution < -0.4 is 5.32 Å². The van der Waals surface area contributed by atoms with Crippen LogP contribution in [0.3, 0.4) is 0 Å². The van der Waals surface area contributed by atoms with Gasteiger partial charge in [-0.15, -0.1) is 0 Å². The Bertz CT molecular complexity index is 282. The monoisotopic (exact) mass is 253 g/mol. The molecular weight excluding hydrogens is 226 g/mol. The summed E-state index contributed by atoms with van der Waals surface area (Å²) < 4.78 is 11.8. The molecule has 0 aromatic heterocycles. The molecule has 1 atom stereocenters. The molecule has 104 valence electrons. The van der Waals surface area contributed by atoms with Crippen LogP contribution in [0.15, 0.2) is 11.8 Å². The summed E-state index contributed by atoms with van der Waals surface area (Å²) in [6, 6.07) is 0.241. The van der Waals surface area contributed by atoms with Crippen molar-refractivity contribution in [2.75, 3.05) is 20.3 Å². The first kappa shape index (κ1) is 13.9. The summed E-state index contributed by atoms with van der Waals surface area (Å²) in [6.45, 7) is 4.08. The van der Waals surface area contributed by atoms with E-state index in [1.807, 2.05) is 7.11 Å². The van der Waals surface area contributed by atoms with Gasteiger partial charge in [-0.2, -0.15) is 0 Å². The maximum atomic E-state index is 5.93. The summed E-state index contributed by atoms with van der Waals surface area (Å²) in [7, 11) is 1.86. The maximum Gasteiger partial charge on any atom is 0.112 e. The lowest BCUT2D eigenvalue weighted by atomic mass is 9.89. The Morgan fingerprint density at radius 1 is 1.39 bits per heavy atom. The molecular formula is C15H27NO2. The second-order valence-electron chi connectivity index (χ2n) is 5.46. The summed E-state index contributed by atoms with van der Waals surface area (Å²) in [5.74, 6) is 1.12. The molecule has 0 spiro atoms. The van der Waals surface area contributed by atoms with Gasteiger partial charge in [0.1, 0.15) is 5.76 Å². The van der Waals surface area contributed by atoms with Gasteiger partial charge in [0.2, 0.25) is 0 Å². The highest BCUT2D eigenvalue weighted by Crippen LogP contribution is 2.39. The second-order valence-corrected chi connectivity index (χ2v) is 5.46. The molecule has 0 aromatic carbocycles. The second kappa shape index (κ2) is 6.58. The van der Waals surface area contributed by atoms with Crippen molar-refractivity contribution in [2.24, 2.45) is 0 Å². The van der Waals surface area contributed by atoms with Crippen LogP contribution in [0.25, 0.3) is 0 Å². The number of ether oxygens (including phenoxy) is 2. The molecule has 3 nitrogen and oxygen atoms in total. The molecule has 1 aliphatic carbocycles. The van der Waals surface area contributed by atoms with E-state index < -0.39 is 0 Å².